The van der Waals surface area contributed by atoms with Crippen molar-refractivity contribution in [1.29, 1.82) is 0 Å². The predicted molar refractivity (Wildman–Crippen MR) is 105 cm³/mol. The first-order chi connectivity index (χ1) is 14.0. The van der Waals surface area contributed by atoms with Gasteiger partial charge in [-0.1, -0.05) is 18.2 Å². The number of rotatable bonds is 3. The van der Waals surface area contributed by atoms with Crippen LogP contribution >= 0.6 is 0 Å². The molecule has 9 heteroatoms. The van der Waals surface area contributed by atoms with Gasteiger partial charge in [0.05, 0.1) is 12.0 Å². The summed E-state index contributed by atoms with van der Waals surface area (Å²) in [7, 11) is 0. The molecule has 4 atom stereocenters. The van der Waals surface area contributed by atoms with Crippen molar-refractivity contribution in [1.82, 2.24) is 14.5 Å². The first-order valence-corrected chi connectivity index (χ1v) is 9.24. The molecule has 150 valence electrons. The monoisotopic (exact) mass is 396 g/mol. The van der Waals surface area contributed by atoms with Gasteiger partial charge in [0.1, 0.15) is 46.9 Å². The summed E-state index contributed by atoms with van der Waals surface area (Å²) in [5.74, 6) is 1.30. The van der Waals surface area contributed by atoms with Crippen molar-refractivity contribution in [2.24, 2.45) is 0 Å². The normalized spacial score (nSPS) is 24.7. The number of nitrogens with two attached hydrogens (primary N) is 1. The van der Waals surface area contributed by atoms with Crippen molar-refractivity contribution >= 4 is 27.8 Å². The number of fused-ring (bicyclic) bond motifs is 2. The highest BCUT2D eigenvalue weighted by Gasteiger charge is 2.44. The van der Waals surface area contributed by atoms with Crippen LogP contribution in [0.3, 0.4) is 0 Å². The minimum atomic E-state index is -1.25. The molecule has 0 radical (unpaired) electrons. The summed E-state index contributed by atoms with van der Waals surface area (Å²) >= 11 is 0. The number of nitrogen functional groups attached to an aromatic ring is 1. The van der Waals surface area contributed by atoms with Gasteiger partial charge in [0.2, 0.25) is 0 Å². The molecule has 0 aliphatic carbocycles. The Balaban J connectivity index is 1.74. The van der Waals surface area contributed by atoms with Gasteiger partial charge in [-0.15, -0.1) is 0 Å². The Morgan fingerprint density at radius 2 is 1.97 bits per heavy atom. The number of aromatic nitrogens is 3. The van der Waals surface area contributed by atoms with E-state index in [-0.39, 0.29) is 5.82 Å². The van der Waals surface area contributed by atoms with Crippen LogP contribution in [0.2, 0.25) is 0 Å². The molecule has 1 saturated heterocycles. The van der Waals surface area contributed by atoms with Gasteiger partial charge in [0.15, 0.2) is 6.23 Å². The van der Waals surface area contributed by atoms with Crippen molar-refractivity contribution in [2.45, 2.75) is 31.5 Å². The average Bonchev–Trinajstić information content (AvgIpc) is 3.36. The van der Waals surface area contributed by atoms with Gasteiger partial charge >= 0.3 is 0 Å². The van der Waals surface area contributed by atoms with Gasteiger partial charge in [0, 0.05) is 17.1 Å². The van der Waals surface area contributed by atoms with Gasteiger partial charge in [-0.2, -0.15) is 0 Å². The molecule has 1 fully saturated rings. The maximum Gasteiger partial charge on any atom is 0.164 e. The highest BCUT2D eigenvalue weighted by atomic mass is 16.6. The zero-order valence-corrected chi connectivity index (χ0v) is 15.6. The molecule has 0 saturated carbocycles. The van der Waals surface area contributed by atoms with Gasteiger partial charge in [-0.05, 0) is 19.1 Å². The van der Waals surface area contributed by atoms with Crippen LogP contribution < -0.4 is 5.73 Å². The topological polar surface area (TPSA) is 140 Å². The average molecular weight is 396 g/mol. The van der Waals surface area contributed by atoms with Crippen molar-refractivity contribution in [3.05, 3.63) is 42.4 Å². The number of anilines is 1. The SMILES string of the molecule is Cc1nc(N)c2c(-c3cc4ccccc4o3)cn([C@@H]3O[C@H](CO)[C@@H](O)[C@H]3O)c2n1. The molecule has 0 amide bonds. The van der Waals surface area contributed by atoms with Crippen molar-refractivity contribution in [2.75, 3.05) is 12.3 Å². The van der Waals surface area contributed by atoms with Crippen LogP contribution in [0.5, 0.6) is 0 Å². The van der Waals surface area contributed by atoms with E-state index in [0.717, 1.165) is 11.0 Å². The lowest BCUT2D eigenvalue weighted by molar-refractivity contribution is -0.0508. The standard InChI is InChI=1S/C20H20N4O5/c1-9-22-18(21)15-11(13-6-10-4-2-3-5-12(10)28-13)7-24(19(15)23-9)20-17(27)16(26)14(8-25)29-20/h2-7,14,16-17,20,25-27H,8H2,1H3,(H2,21,22,23)/t14-,16-,17-,20-/m1/s1. The molecule has 0 spiro atoms. The molecule has 9 nitrogen and oxygen atoms in total. The number of furan rings is 1. The van der Waals surface area contributed by atoms with E-state index < -0.39 is 31.1 Å². The van der Waals surface area contributed by atoms with E-state index >= 15 is 0 Å². The van der Waals surface area contributed by atoms with Gasteiger partial charge in [-0.25, -0.2) is 9.97 Å². The first-order valence-electron chi connectivity index (χ1n) is 9.24. The molecule has 5 N–H and O–H groups in total. The number of nitrogens with zero attached hydrogens (tertiary/aromatic N) is 3. The zero-order chi connectivity index (χ0) is 20.3. The Morgan fingerprint density at radius 3 is 2.69 bits per heavy atom. The van der Waals surface area contributed by atoms with Crippen LogP contribution in [0.25, 0.3) is 33.3 Å². The molecular formula is C20H20N4O5. The highest BCUT2D eigenvalue weighted by molar-refractivity contribution is 6.01. The fourth-order valence-electron chi connectivity index (χ4n) is 3.89. The Hall–Kier alpha value is -2.98. The third-order valence-electron chi connectivity index (χ3n) is 5.29. The van der Waals surface area contributed by atoms with Crippen LogP contribution in [-0.2, 0) is 4.74 Å². The maximum atomic E-state index is 10.5. The lowest BCUT2D eigenvalue weighted by Gasteiger charge is -2.17. The van der Waals surface area contributed by atoms with Crippen molar-refractivity contribution < 1.29 is 24.5 Å². The van der Waals surface area contributed by atoms with Gasteiger partial charge in [-0.3, -0.25) is 0 Å². The molecule has 1 aliphatic heterocycles. The summed E-state index contributed by atoms with van der Waals surface area (Å²) < 4.78 is 13.3. The Morgan fingerprint density at radius 1 is 1.17 bits per heavy atom. The molecule has 4 aromatic rings. The summed E-state index contributed by atoms with van der Waals surface area (Å²) in [6.07, 6.45) is -2.60. The van der Waals surface area contributed by atoms with E-state index in [0.29, 0.717) is 28.2 Å². The molecule has 5 rings (SSSR count). The first kappa shape index (κ1) is 18.1. The summed E-state index contributed by atoms with van der Waals surface area (Å²) in [6.45, 7) is 1.30. The molecule has 29 heavy (non-hydrogen) atoms. The van der Waals surface area contributed by atoms with Crippen molar-refractivity contribution in [3.63, 3.8) is 0 Å². The molecular weight excluding hydrogens is 376 g/mol. The molecule has 1 aromatic carbocycles. The van der Waals surface area contributed by atoms with Crippen LogP contribution in [0.15, 0.2) is 40.9 Å². The molecule has 0 bridgehead atoms. The largest absolute Gasteiger partial charge is 0.456 e. The lowest BCUT2D eigenvalue weighted by atomic mass is 10.1. The summed E-state index contributed by atoms with van der Waals surface area (Å²) in [5.41, 5.74) is 8.03. The van der Waals surface area contributed by atoms with E-state index in [1.807, 2.05) is 30.3 Å². The van der Waals surface area contributed by atoms with Gasteiger partial charge < -0.3 is 34.8 Å². The number of aliphatic hydroxyl groups is 3. The Bertz CT molecular complexity index is 1180. The smallest absolute Gasteiger partial charge is 0.164 e. The van der Waals surface area contributed by atoms with E-state index in [4.69, 9.17) is 14.9 Å². The number of ether oxygens (including phenoxy) is 1. The molecule has 3 aromatic heterocycles. The Kier molecular flexibility index (Phi) is 4.07. The Labute approximate surface area is 165 Å². The van der Waals surface area contributed by atoms with Crippen LogP contribution in [0.1, 0.15) is 12.1 Å². The van der Waals surface area contributed by atoms with Crippen molar-refractivity contribution in [3.8, 4) is 11.3 Å². The summed E-state index contributed by atoms with van der Waals surface area (Å²) in [4.78, 5) is 8.75. The molecule has 4 heterocycles. The fraction of sp³-hybridized carbons (Fsp3) is 0.300. The molecule has 1 aliphatic rings. The summed E-state index contributed by atoms with van der Waals surface area (Å²) in [6, 6.07) is 9.51. The van der Waals surface area contributed by atoms with E-state index in [1.54, 1.807) is 17.7 Å². The second-order valence-corrected chi connectivity index (χ2v) is 7.18. The van der Waals surface area contributed by atoms with Gasteiger partial charge in [0.25, 0.3) is 0 Å². The minimum absolute atomic E-state index is 0.272. The van der Waals surface area contributed by atoms with E-state index in [9.17, 15) is 15.3 Å². The number of aliphatic hydroxyl groups excluding tert-OH is 3. The van der Waals surface area contributed by atoms with Crippen LogP contribution in [-0.4, -0.2) is 54.8 Å². The third-order valence-corrected chi connectivity index (χ3v) is 5.29. The van der Waals surface area contributed by atoms with Crippen LogP contribution in [0.4, 0.5) is 5.82 Å². The van der Waals surface area contributed by atoms with E-state index in [2.05, 4.69) is 9.97 Å². The van der Waals surface area contributed by atoms with E-state index in [1.165, 1.54) is 0 Å². The molecule has 0 unspecified atom stereocenters. The lowest BCUT2D eigenvalue weighted by Crippen LogP contribution is -2.33. The second-order valence-electron chi connectivity index (χ2n) is 7.18. The number of para-hydroxylation sites is 1. The number of aryl methyl sites for hydroxylation is 1. The minimum Gasteiger partial charge on any atom is -0.456 e. The van der Waals surface area contributed by atoms with Crippen LogP contribution in [0, 0.1) is 6.92 Å². The quantitative estimate of drug-likeness (QED) is 0.407. The number of hydrogen-bond acceptors (Lipinski definition) is 8. The summed E-state index contributed by atoms with van der Waals surface area (Å²) in [5, 5.41) is 31.6. The number of hydrogen-bond donors (Lipinski definition) is 4. The highest BCUT2D eigenvalue weighted by Crippen LogP contribution is 2.40. The zero-order valence-electron chi connectivity index (χ0n) is 15.6. The fourth-order valence-corrected chi connectivity index (χ4v) is 3.89. The third kappa shape index (κ3) is 2.70. The number of benzene rings is 1. The predicted octanol–water partition coefficient (Wildman–Crippen LogP) is 1.35. The second kappa shape index (κ2) is 6.53. The maximum absolute atomic E-state index is 10.5.